The molecule has 0 aliphatic carbocycles. The van der Waals surface area contributed by atoms with Gasteiger partial charge in [0.1, 0.15) is 13.2 Å². The summed E-state index contributed by atoms with van der Waals surface area (Å²) in [5.74, 6) is -0.409. The van der Waals surface area contributed by atoms with Gasteiger partial charge in [-0.3, -0.25) is 14.6 Å². The highest BCUT2D eigenvalue weighted by atomic mass is 19.1. The van der Waals surface area contributed by atoms with E-state index in [9.17, 15) is 14.0 Å². The number of rotatable bonds is 11. The molecular formula is C26H33FN6O3. The lowest BCUT2D eigenvalue weighted by Gasteiger charge is -2.31. The van der Waals surface area contributed by atoms with Crippen molar-refractivity contribution in [2.24, 2.45) is 0 Å². The Labute approximate surface area is 210 Å². The molecule has 0 atom stereocenters. The summed E-state index contributed by atoms with van der Waals surface area (Å²) in [6.07, 6.45) is 0. The number of anilines is 1. The van der Waals surface area contributed by atoms with Gasteiger partial charge in [-0.15, -0.1) is 0 Å². The molecule has 9 nitrogen and oxygen atoms in total. The molecule has 0 bridgehead atoms. The first kappa shape index (κ1) is 25.6. The van der Waals surface area contributed by atoms with Gasteiger partial charge in [0.15, 0.2) is 5.58 Å². The number of alkyl halides is 1. The molecule has 2 aromatic carbocycles. The highest BCUT2D eigenvalue weighted by Gasteiger charge is 2.27. The van der Waals surface area contributed by atoms with Crippen LogP contribution in [0.3, 0.4) is 0 Å². The Morgan fingerprint density at radius 2 is 1.83 bits per heavy atom. The molecule has 1 aliphatic heterocycles. The summed E-state index contributed by atoms with van der Waals surface area (Å²) in [6.45, 7) is 5.46. The smallest absolute Gasteiger partial charge is 0.256 e. The van der Waals surface area contributed by atoms with Gasteiger partial charge in [0.2, 0.25) is 5.91 Å². The molecule has 0 saturated carbocycles. The van der Waals surface area contributed by atoms with Crippen LogP contribution in [0.25, 0.3) is 11.0 Å². The van der Waals surface area contributed by atoms with Gasteiger partial charge < -0.3 is 20.1 Å². The molecule has 192 valence electrons. The van der Waals surface area contributed by atoms with Crippen molar-refractivity contribution in [2.45, 2.75) is 26.9 Å². The van der Waals surface area contributed by atoms with Crippen molar-refractivity contribution in [3.63, 3.8) is 0 Å². The molecule has 0 spiro atoms. The Kier molecular flexibility index (Phi) is 8.17. The van der Waals surface area contributed by atoms with E-state index in [0.29, 0.717) is 31.8 Å². The van der Waals surface area contributed by atoms with Crippen LogP contribution < -0.4 is 10.6 Å². The van der Waals surface area contributed by atoms with Crippen molar-refractivity contribution in [2.75, 3.05) is 51.8 Å². The molecule has 0 unspecified atom stereocenters. The summed E-state index contributed by atoms with van der Waals surface area (Å²) in [5.41, 5.74) is 5.57. The largest absolute Gasteiger partial charge is 0.376 e. The van der Waals surface area contributed by atoms with Crippen LogP contribution in [0.5, 0.6) is 0 Å². The van der Waals surface area contributed by atoms with E-state index in [1.807, 2.05) is 43.1 Å². The first-order chi connectivity index (χ1) is 17.4. The second-order valence-corrected chi connectivity index (χ2v) is 9.05. The average Bonchev–Trinajstić information content (AvgIpc) is 3.47. The van der Waals surface area contributed by atoms with Crippen molar-refractivity contribution in [3.8, 4) is 0 Å². The van der Waals surface area contributed by atoms with Crippen molar-refractivity contribution in [3.05, 3.63) is 58.8 Å². The number of aryl methyl sites for hydroxylation is 2. The molecule has 0 fully saturated rings. The summed E-state index contributed by atoms with van der Waals surface area (Å²) in [7, 11) is 1.73. The van der Waals surface area contributed by atoms with Gasteiger partial charge in [-0.25, -0.2) is 9.40 Å². The maximum absolute atomic E-state index is 13.2. The summed E-state index contributed by atoms with van der Waals surface area (Å²) in [6, 6.07) is 11.9. The van der Waals surface area contributed by atoms with Crippen molar-refractivity contribution in [1.82, 2.24) is 25.4 Å². The number of hydrogen-bond acceptors (Lipinski definition) is 7. The summed E-state index contributed by atoms with van der Waals surface area (Å²) in [5, 5.41) is 14.6. The van der Waals surface area contributed by atoms with Crippen molar-refractivity contribution < 1.29 is 18.5 Å². The minimum Gasteiger partial charge on any atom is -0.376 e. The third-order valence-electron chi connectivity index (χ3n) is 6.55. The van der Waals surface area contributed by atoms with E-state index in [0.717, 1.165) is 22.3 Å². The predicted molar refractivity (Wildman–Crippen MR) is 136 cm³/mol. The topological polar surface area (TPSA) is 93.9 Å². The first-order valence-electron chi connectivity index (χ1n) is 12.1. The number of carbonyl (C=O) groups excluding carboxylic acids is 2. The number of hydrogen-bond donors (Lipinski definition) is 2. The van der Waals surface area contributed by atoms with E-state index < -0.39 is 6.67 Å². The number of nitrogens with zero attached hydrogens (tertiary/aromatic N) is 4. The number of hydrazine groups is 1. The molecule has 2 heterocycles. The Bertz CT molecular complexity index is 1200. The van der Waals surface area contributed by atoms with E-state index in [1.54, 1.807) is 12.1 Å². The fourth-order valence-corrected chi connectivity index (χ4v) is 4.33. The number of nitrogens with one attached hydrogen (secondary N) is 2. The molecule has 10 heteroatoms. The number of halogens is 1. The molecule has 0 saturated heterocycles. The second-order valence-electron chi connectivity index (χ2n) is 9.05. The monoisotopic (exact) mass is 496 g/mol. The number of likely N-dealkylation sites (N-methyl/N-ethyl adjacent to an activating group) is 1. The normalized spacial score (nSPS) is 13.1. The third kappa shape index (κ3) is 5.83. The lowest BCUT2D eigenvalue weighted by Crippen LogP contribution is -2.49. The Morgan fingerprint density at radius 3 is 2.53 bits per heavy atom. The highest BCUT2D eigenvalue weighted by molar-refractivity contribution is 5.88. The zero-order valence-electron chi connectivity index (χ0n) is 21.0. The second kappa shape index (κ2) is 11.5. The Hall–Kier alpha value is -3.50. The van der Waals surface area contributed by atoms with Gasteiger partial charge >= 0.3 is 0 Å². The molecule has 3 aromatic rings. The van der Waals surface area contributed by atoms with Crippen LogP contribution in [0.15, 0.2) is 40.9 Å². The zero-order chi connectivity index (χ0) is 25.7. The standard InChI is InChI=1S/C26H33FN6O3/c1-18-12-22-19(2)30-36-24(22)13-23(18)29-14-25(34)32(11-10-28-9-8-27)17-26(35)31(3)33-15-20-6-4-5-7-21(20)16-33/h4-7,12-13,28-29H,8-11,14-17H2,1-3H3. The number of carbonyl (C=O) groups is 2. The minimum absolute atomic E-state index is 0.00866. The number of aromatic nitrogens is 1. The van der Waals surface area contributed by atoms with Gasteiger partial charge in [-0.2, -0.15) is 0 Å². The maximum atomic E-state index is 13.2. The van der Waals surface area contributed by atoms with Crippen LogP contribution in [0.4, 0.5) is 10.1 Å². The van der Waals surface area contributed by atoms with Crippen LogP contribution in [0, 0.1) is 13.8 Å². The third-order valence-corrected chi connectivity index (χ3v) is 6.55. The van der Waals surface area contributed by atoms with Gasteiger partial charge in [0.25, 0.3) is 5.91 Å². The number of amides is 2. The van der Waals surface area contributed by atoms with E-state index >= 15 is 0 Å². The summed E-state index contributed by atoms with van der Waals surface area (Å²) >= 11 is 0. The van der Waals surface area contributed by atoms with Crippen LogP contribution in [0.2, 0.25) is 0 Å². The maximum Gasteiger partial charge on any atom is 0.256 e. The van der Waals surface area contributed by atoms with E-state index in [-0.39, 0.29) is 31.4 Å². The van der Waals surface area contributed by atoms with Crippen molar-refractivity contribution >= 4 is 28.5 Å². The molecule has 2 amide bonds. The fourth-order valence-electron chi connectivity index (χ4n) is 4.33. The van der Waals surface area contributed by atoms with Crippen LogP contribution >= 0.6 is 0 Å². The van der Waals surface area contributed by atoms with Crippen LogP contribution in [0.1, 0.15) is 22.4 Å². The number of fused-ring (bicyclic) bond motifs is 2. The van der Waals surface area contributed by atoms with Gasteiger partial charge in [0.05, 0.1) is 12.2 Å². The lowest BCUT2D eigenvalue weighted by molar-refractivity contribution is -0.151. The summed E-state index contributed by atoms with van der Waals surface area (Å²) < 4.78 is 17.9. The summed E-state index contributed by atoms with van der Waals surface area (Å²) in [4.78, 5) is 27.8. The lowest BCUT2D eigenvalue weighted by atomic mass is 10.1. The van der Waals surface area contributed by atoms with Gasteiger partial charge in [-0.1, -0.05) is 29.4 Å². The zero-order valence-corrected chi connectivity index (χ0v) is 21.0. The Morgan fingerprint density at radius 1 is 1.11 bits per heavy atom. The van der Waals surface area contributed by atoms with Gasteiger partial charge in [0, 0.05) is 56.9 Å². The SMILES string of the molecule is Cc1cc2c(C)noc2cc1NCC(=O)N(CCNCCF)CC(=O)N(C)N1Cc2ccccc2C1. The molecule has 1 aliphatic rings. The molecule has 36 heavy (non-hydrogen) atoms. The molecule has 0 radical (unpaired) electrons. The Balaban J connectivity index is 1.39. The van der Waals surface area contributed by atoms with Crippen LogP contribution in [-0.2, 0) is 22.7 Å². The van der Waals surface area contributed by atoms with E-state index in [4.69, 9.17) is 4.52 Å². The fraction of sp³-hybridized carbons (Fsp3) is 0.423. The minimum atomic E-state index is -0.491. The number of benzene rings is 2. The molecule has 2 N–H and O–H groups in total. The quantitative estimate of drug-likeness (QED) is 0.394. The highest BCUT2D eigenvalue weighted by Crippen LogP contribution is 2.26. The molecule has 1 aromatic heterocycles. The van der Waals surface area contributed by atoms with Gasteiger partial charge in [-0.05, 0) is 36.6 Å². The predicted octanol–water partition coefficient (Wildman–Crippen LogP) is 2.63. The van der Waals surface area contributed by atoms with Crippen LogP contribution in [-0.4, -0.2) is 78.3 Å². The molecular weight excluding hydrogens is 463 g/mol. The molecule has 4 rings (SSSR count). The first-order valence-corrected chi connectivity index (χ1v) is 12.1. The van der Waals surface area contributed by atoms with E-state index in [2.05, 4.69) is 27.9 Å². The van der Waals surface area contributed by atoms with Crippen molar-refractivity contribution in [1.29, 1.82) is 0 Å². The average molecular weight is 497 g/mol. The van der Waals surface area contributed by atoms with E-state index in [1.165, 1.54) is 16.0 Å².